The first-order valence-corrected chi connectivity index (χ1v) is 13.5. The lowest BCUT2D eigenvalue weighted by Gasteiger charge is -2.60. The standard InChI is InChI=1S/C30H37N5O4/c1-18-7-8-24-29(2,10-9-25(37)30(24,3)17-36)22(18)14-23(35-26-6-4-5-11-32-26)21-13-20(39-27(21)38)12-19-15-33-28(31)34-16-19/h4-6,11-13,15-16,22-25,36-37H,1,7-10,14,17H2,2-3H3,(H,32,35)(H2,31,33,34)/t22?,23?,24?,25-,29-,30+/m1/s1. The summed E-state index contributed by atoms with van der Waals surface area (Å²) in [4.78, 5) is 25.7. The van der Waals surface area contributed by atoms with Gasteiger partial charge in [-0.05, 0) is 73.6 Å². The van der Waals surface area contributed by atoms with Crippen molar-refractivity contribution in [2.24, 2.45) is 22.7 Å². The molecule has 2 saturated carbocycles. The summed E-state index contributed by atoms with van der Waals surface area (Å²) >= 11 is 0. The van der Waals surface area contributed by atoms with Crippen LogP contribution in [0.1, 0.15) is 51.5 Å². The number of aliphatic hydroxyl groups excluding tert-OH is 2. The van der Waals surface area contributed by atoms with E-state index in [1.54, 1.807) is 30.7 Å². The van der Waals surface area contributed by atoms with Crippen LogP contribution in [-0.2, 0) is 9.53 Å². The topological polar surface area (TPSA) is 143 Å². The predicted octanol–water partition coefficient (Wildman–Crippen LogP) is 3.89. The molecule has 2 aromatic rings. The van der Waals surface area contributed by atoms with Crippen LogP contribution >= 0.6 is 0 Å². The minimum atomic E-state index is -0.585. The predicted molar refractivity (Wildman–Crippen MR) is 149 cm³/mol. The van der Waals surface area contributed by atoms with Crippen molar-refractivity contribution in [1.29, 1.82) is 0 Å². The third-order valence-electron chi connectivity index (χ3n) is 9.27. The number of pyridine rings is 1. The highest BCUT2D eigenvalue weighted by Gasteiger charge is 2.58. The van der Waals surface area contributed by atoms with E-state index in [9.17, 15) is 15.0 Å². The van der Waals surface area contributed by atoms with Crippen molar-refractivity contribution in [3.63, 3.8) is 0 Å². The first-order valence-electron chi connectivity index (χ1n) is 13.5. The molecule has 5 rings (SSSR count). The number of anilines is 2. The van der Waals surface area contributed by atoms with Crippen LogP contribution in [0.2, 0.25) is 0 Å². The van der Waals surface area contributed by atoms with E-state index in [2.05, 4.69) is 33.8 Å². The van der Waals surface area contributed by atoms with Gasteiger partial charge in [-0.15, -0.1) is 0 Å². The molecule has 0 amide bonds. The molecule has 39 heavy (non-hydrogen) atoms. The molecule has 3 heterocycles. The number of hydrogen-bond acceptors (Lipinski definition) is 9. The Balaban J connectivity index is 1.49. The van der Waals surface area contributed by atoms with Crippen molar-refractivity contribution < 1.29 is 19.7 Å². The van der Waals surface area contributed by atoms with Gasteiger partial charge >= 0.3 is 5.97 Å². The van der Waals surface area contributed by atoms with Crippen LogP contribution in [0.5, 0.6) is 0 Å². The van der Waals surface area contributed by atoms with Gasteiger partial charge in [0.25, 0.3) is 0 Å². The highest BCUT2D eigenvalue weighted by Crippen LogP contribution is 2.62. The van der Waals surface area contributed by atoms with E-state index < -0.39 is 23.5 Å². The zero-order chi connectivity index (χ0) is 27.8. The zero-order valence-electron chi connectivity index (χ0n) is 22.5. The van der Waals surface area contributed by atoms with Crippen LogP contribution in [0.15, 0.2) is 66.3 Å². The number of nitrogens with two attached hydrogens (primary N) is 1. The molecule has 9 heteroatoms. The van der Waals surface area contributed by atoms with E-state index in [0.29, 0.717) is 35.6 Å². The Morgan fingerprint density at radius 1 is 1.26 bits per heavy atom. The molecule has 0 radical (unpaired) electrons. The number of carbonyl (C=O) groups is 1. The van der Waals surface area contributed by atoms with Gasteiger partial charge in [0.05, 0.1) is 24.3 Å². The molecule has 3 aliphatic rings. The van der Waals surface area contributed by atoms with Crippen LogP contribution in [0.3, 0.4) is 0 Å². The third kappa shape index (κ3) is 5.08. The maximum absolute atomic E-state index is 13.2. The largest absolute Gasteiger partial charge is 0.423 e. The second kappa shape index (κ2) is 10.5. The number of nitrogens with zero attached hydrogens (tertiary/aromatic N) is 3. The Bertz CT molecular complexity index is 1290. The molecule has 0 aromatic carbocycles. The van der Waals surface area contributed by atoms with Crippen LogP contribution in [-0.4, -0.2) is 49.9 Å². The minimum absolute atomic E-state index is 0.0584. The number of carbonyl (C=O) groups excluding carboxylic acids is 1. The van der Waals surface area contributed by atoms with E-state index in [4.69, 9.17) is 10.5 Å². The zero-order valence-corrected chi connectivity index (χ0v) is 22.5. The normalized spacial score (nSPS) is 32.4. The molecule has 2 aliphatic carbocycles. The van der Waals surface area contributed by atoms with Crippen LogP contribution < -0.4 is 11.1 Å². The molecule has 2 aromatic heterocycles. The fraction of sp³-hybridized carbons (Fsp3) is 0.467. The monoisotopic (exact) mass is 531 g/mol. The van der Waals surface area contributed by atoms with Gasteiger partial charge in [-0.1, -0.05) is 32.1 Å². The number of ether oxygens (including phenoxy) is 1. The lowest BCUT2D eigenvalue weighted by Crippen LogP contribution is -2.58. The molecule has 3 unspecified atom stereocenters. The molecule has 2 fully saturated rings. The van der Waals surface area contributed by atoms with Crippen molar-refractivity contribution in [2.75, 3.05) is 17.7 Å². The van der Waals surface area contributed by atoms with Crippen molar-refractivity contribution in [3.05, 3.63) is 71.9 Å². The lowest BCUT2D eigenvalue weighted by atomic mass is 9.46. The third-order valence-corrected chi connectivity index (χ3v) is 9.27. The SMILES string of the molecule is C=C1CCC2[C@](C)(CC[C@@H](O)[C@@]2(C)CO)C1CC(Nc1ccccn1)C1=CC(=Cc2cnc(N)nc2)OC1=O. The number of nitrogen functional groups attached to an aromatic ring is 1. The van der Waals surface area contributed by atoms with Gasteiger partial charge in [0.1, 0.15) is 11.6 Å². The Kier molecular flexibility index (Phi) is 7.31. The molecule has 0 spiro atoms. The summed E-state index contributed by atoms with van der Waals surface area (Å²) in [7, 11) is 0. The Hall–Kier alpha value is -3.56. The summed E-state index contributed by atoms with van der Waals surface area (Å²) in [5.74, 6) is 0.981. The fourth-order valence-corrected chi connectivity index (χ4v) is 7.07. The van der Waals surface area contributed by atoms with E-state index in [0.717, 1.165) is 24.8 Å². The molecule has 9 nitrogen and oxygen atoms in total. The maximum atomic E-state index is 13.2. The van der Waals surface area contributed by atoms with Crippen LogP contribution in [0, 0.1) is 22.7 Å². The van der Waals surface area contributed by atoms with Gasteiger partial charge in [0.15, 0.2) is 0 Å². The number of fused-ring (bicyclic) bond motifs is 1. The summed E-state index contributed by atoms with van der Waals surface area (Å²) < 4.78 is 5.63. The number of allylic oxidation sites excluding steroid dienone is 2. The van der Waals surface area contributed by atoms with Gasteiger partial charge in [0.2, 0.25) is 5.95 Å². The number of esters is 1. The van der Waals surface area contributed by atoms with Crippen molar-refractivity contribution in [3.8, 4) is 0 Å². The van der Waals surface area contributed by atoms with Crippen LogP contribution in [0.25, 0.3) is 6.08 Å². The lowest BCUT2D eigenvalue weighted by molar-refractivity contribution is -0.152. The number of cyclic esters (lactones) is 1. The first-order chi connectivity index (χ1) is 18.6. The van der Waals surface area contributed by atoms with Crippen molar-refractivity contribution in [2.45, 2.75) is 58.1 Å². The Morgan fingerprint density at radius 2 is 2.03 bits per heavy atom. The number of nitrogens with one attached hydrogen (secondary N) is 1. The van der Waals surface area contributed by atoms with E-state index in [1.807, 2.05) is 25.1 Å². The molecule has 5 N–H and O–H groups in total. The number of hydrogen-bond donors (Lipinski definition) is 4. The van der Waals surface area contributed by atoms with Gasteiger partial charge in [0, 0.05) is 29.6 Å². The quantitative estimate of drug-likeness (QED) is 0.309. The van der Waals surface area contributed by atoms with E-state index >= 15 is 0 Å². The molecule has 206 valence electrons. The highest BCUT2D eigenvalue weighted by atomic mass is 16.5. The second-order valence-corrected chi connectivity index (χ2v) is 11.6. The minimum Gasteiger partial charge on any atom is -0.423 e. The molecule has 0 bridgehead atoms. The molecular weight excluding hydrogens is 494 g/mol. The van der Waals surface area contributed by atoms with Gasteiger partial charge in [-0.3, -0.25) is 0 Å². The summed E-state index contributed by atoms with van der Waals surface area (Å²) in [5, 5.41) is 24.7. The summed E-state index contributed by atoms with van der Waals surface area (Å²) in [6.45, 7) is 8.67. The molecule has 1 aliphatic heterocycles. The van der Waals surface area contributed by atoms with Gasteiger partial charge in [-0.2, -0.15) is 0 Å². The molecular formula is C30H37N5O4. The summed E-state index contributed by atoms with van der Waals surface area (Å²) in [6, 6.07) is 5.21. The summed E-state index contributed by atoms with van der Waals surface area (Å²) in [6.07, 6.45) is 11.5. The maximum Gasteiger partial charge on any atom is 0.341 e. The van der Waals surface area contributed by atoms with Crippen molar-refractivity contribution in [1.82, 2.24) is 15.0 Å². The number of aliphatic hydroxyl groups is 2. The fourth-order valence-electron chi connectivity index (χ4n) is 7.07. The number of rotatable bonds is 7. The van der Waals surface area contributed by atoms with Crippen LogP contribution in [0.4, 0.5) is 11.8 Å². The molecule has 0 saturated heterocycles. The average Bonchev–Trinajstić information content (AvgIpc) is 3.29. The Labute approximate surface area is 228 Å². The van der Waals surface area contributed by atoms with Gasteiger partial charge < -0.3 is 26.0 Å². The van der Waals surface area contributed by atoms with E-state index in [1.165, 1.54) is 0 Å². The molecule has 6 atom stereocenters. The highest BCUT2D eigenvalue weighted by molar-refractivity contribution is 5.95. The van der Waals surface area contributed by atoms with Gasteiger partial charge in [-0.25, -0.2) is 19.7 Å². The smallest absolute Gasteiger partial charge is 0.341 e. The number of aromatic nitrogens is 3. The van der Waals surface area contributed by atoms with Crippen molar-refractivity contribution >= 4 is 23.8 Å². The second-order valence-electron chi connectivity index (χ2n) is 11.6. The van der Waals surface area contributed by atoms with E-state index in [-0.39, 0.29) is 29.8 Å². The average molecular weight is 532 g/mol. The summed E-state index contributed by atoms with van der Waals surface area (Å²) in [5.41, 5.74) is 7.12. The Morgan fingerprint density at radius 3 is 2.72 bits per heavy atom. The first kappa shape index (κ1) is 27.0.